The summed E-state index contributed by atoms with van der Waals surface area (Å²) in [5, 5.41) is 10.6. The lowest BCUT2D eigenvalue weighted by Crippen LogP contribution is -2.40. The average Bonchev–Trinajstić information content (AvgIpc) is 2.84. The molecule has 0 spiro atoms. The van der Waals surface area contributed by atoms with E-state index in [-0.39, 0.29) is 17.3 Å². The van der Waals surface area contributed by atoms with E-state index in [2.05, 4.69) is 15.3 Å². The van der Waals surface area contributed by atoms with E-state index in [4.69, 9.17) is 0 Å². The van der Waals surface area contributed by atoms with Gasteiger partial charge in [0.2, 0.25) is 0 Å². The zero-order chi connectivity index (χ0) is 15.2. The van der Waals surface area contributed by atoms with Crippen LogP contribution in [0.3, 0.4) is 0 Å². The molecular weight excluding hydrogens is 287 g/mol. The molecule has 3 rings (SSSR count). The van der Waals surface area contributed by atoms with Crippen LogP contribution in [0.1, 0.15) is 19.2 Å². The van der Waals surface area contributed by atoms with Crippen molar-refractivity contribution in [1.29, 1.82) is 0 Å². The Morgan fingerprint density at radius 2 is 2.05 bits per heavy atom. The van der Waals surface area contributed by atoms with Gasteiger partial charge in [-0.2, -0.15) is 17.7 Å². The van der Waals surface area contributed by atoms with Crippen molar-refractivity contribution in [2.75, 3.05) is 18.0 Å². The molecule has 1 fully saturated rings. The van der Waals surface area contributed by atoms with Crippen LogP contribution >= 0.6 is 0 Å². The minimum Gasteiger partial charge on any atom is -0.354 e. The van der Waals surface area contributed by atoms with Crippen LogP contribution in [-0.2, 0) is 11.0 Å². The van der Waals surface area contributed by atoms with E-state index in [9.17, 15) is 18.0 Å². The molecule has 0 radical (unpaired) electrons. The summed E-state index contributed by atoms with van der Waals surface area (Å²) in [6, 6.07) is 3.03. The molecule has 1 saturated heterocycles. The van der Waals surface area contributed by atoms with Gasteiger partial charge in [0.25, 0.3) is 5.82 Å². The number of carbonyl (C=O) groups excluding carboxylic acids is 1. The first-order valence-electron chi connectivity index (χ1n) is 6.43. The van der Waals surface area contributed by atoms with Gasteiger partial charge >= 0.3 is 6.18 Å². The number of hydrogen-bond donors (Lipinski definition) is 0. The van der Waals surface area contributed by atoms with Crippen molar-refractivity contribution >= 4 is 17.2 Å². The SMILES string of the molecule is CC1CN(c2ccc3nnc(C(F)(F)F)n3n2)CCC1=O. The van der Waals surface area contributed by atoms with Crippen LogP contribution in [0.15, 0.2) is 12.1 Å². The number of fused-ring (bicyclic) bond motifs is 1. The molecule has 6 nitrogen and oxygen atoms in total. The van der Waals surface area contributed by atoms with Crippen LogP contribution in [0.2, 0.25) is 0 Å². The molecule has 2 aromatic rings. The van der Waals surface area contributed by atoms with Crippen molar-refractivity contribution in [2.24, 2.45) is 5.92 Å². The highest BCUT2D eigenvalue weighted by atomic mass is 19.4. The smallest absolute Gasteiger partial charge is 0.354 e. The molecule has 0 aliphatic carbocycles. The van der Waals surface area contributed by atoms with Gasteiger partial charge in [-0.1, -0.05) is 6.92 Å². The molecule has 1 unspecified atom stereocenters. The predicted octanol–water partition coefficient (Wildman–Crippen LogP) is 1.56. The number of piperidine rings is 1. The molecule has 0 saturated carbocycles. The highest BCUT2D eigenvalue weighted by Crippen LogP contribution is 2.28. The number of Topliss-reactive ketones (excluding diaryl/α,β-unsaturated/α-hetero) is 1. The largest absolute Gasteiger partial charge is 0.453 e. The van der Waals surface area contributed by atoms with Crippen molar-refractivity contribution in [3.63, 3.8) is 0 Å². The molecule has 2 aromatic heterocycles. The fourth-order valence-electron chi connectivity index (χ4n) is 2.35. The predicted molar refractivity (Wildman–Crippen MR) is 66.8 cm³/mol. The van der Waals surface area contributed by atoms with Gasteiger partial charge in [0.05, 0.1) is 0 Å². The fourth-order valence-corrected chi connectivity index (χ4v) is 2.35. The number of rotatable bonds is 1. The third kappa shape index (κ3) is 2.43. The second kappa shape index (κ2) is 4.68. The molecule has 1 atom stereocenters. The summed E-state index contributed by atoms with van der Waals surface area (Å²) in [5.41, 5.74) is 0.0345. The van der Waals surface area contributed by atoms with Crippen molar-refractivity contribution in [3.05, 3.63) is 18.0 Å². The summed E-state index contributed by atoms with van der Waals surface area (Å²) in [6.07, 6.45) is -4.24. The monoisotopic (exact) mass is 299 g/mol. The van der Waals surface area contributed by atoms with Crippen molar-refractivity contribution in [1.82, 2.24) is 19.8 Å². The highest BCUT2D eigenvalue weighted by molar-refractivity contribution is 5.83. The Hall–Kier alpha value is -2.19. The van der Waals surface area contributed by atoms with Crippen LogP contribution in [0, 0.1) is 5.92 Å². The maximum atomic E-state index is 12.8. The Morgan fingerprint density at radius 3 is 2.71 bits per heavy atom. The maximum absolute atomic E-state index is 12.8. The Labute approximate surface area is 117 Å². The summed E-state index contributed by atoms with van der Waals surface area (Å²) in [6.45, 7) is 2.69. The molecule has 9 heteroatoms. The van der Waals surface area contributed by atoms with Gasteiger partial charge in [0.15, 0.2) is 5.65 Å². The van der Waals surface area contributed by atoms with Gasteiger partial charge in [-0.3, -0.25) is 4.79 Å². The van der Waals surface area contributed by atoms with Crippen LogP contribution in [0.25, 0.3) is 5.65 Å². The first-order chi connectivity index (χ1) is 9.86. The fraction of sp³-hybridized carbons (Fsp3) is 0.500. The number of hydrogen-bond acceptors (Lipinski definition) is 5. The second-order valence-corrected chi connectivity index (χ2v) is 5.05. The maximum Gasteiger partial charge on any atom is 0.453 e. The first-order valence-corrected chi connectivity index (χ1v) is 6.43. The van der Waals surface area contributed by atoms with E-state index in [0.29, 0.717) is 29.8 Å². The van der Waals surface area contributed by atoms with Gasteiger partial charge in [0.1, 0.15) is 11.6 Å². The summed E-state index contributed by atoms with van der Waals surface area (Å²) < 4.78 is 39.1. The zero-order valence-electron chi connectivity index (χ0n) is 11.1. The third-order valence-electron chi connectivity index (χ3n) is 3.50. The van der Waals surface area contributed by atoms with Crippen molar-refractivity contribution in [3.8, 4) is 0 Å². The van der Waals surface area contributed by atoms with E-state index in [0.717, 1.165) is 0 Å². The van der Waals surface area contributed by atoms with Gasteiger partial charge < -0.3 is 4.90 Å². The number of aromatic nitrogens is 4. The summed E-state index contributed by atoms with van der Waals surface area (Å²) in [4.78, 5) is 13.3. The first kappa shape index (κ1) is 13.8. The second-order valence-electron chi connectivity index (χ2n) is 5.05. The molecule has 1 aliphatic heterocycles. The standard InChI is InChI=1S/C12H12F3N5O/c1-7-6-19(5-4-8(7)21)10-3-2-9-16-17-11(12(13,14)15)20(9)18-10/h2-3,7H,4-6H2,1H3. The lowest BCUT2D eigenvalue weighted by molar-refractivity contribution is -0.146. The van der Waals surface area contributed by atoms with E-state index >= 15 is 0 Å². The van der Waals surface area contributed by atoms with Gasteiger partial charge in [0, 0.05) is 25.4 Å². The molecule has 1 aliphatic rings. The minimum atomic E-state index is -4.61. The number of alkyl halides is 3. The summed E-state index contributed by atoms with van der Waals surface area (Å²) >= 11 is 0. The van der Waals surface area contributed by atoms with E-state index in [1.807, 2.05) is 0 Å². The molecule has 112 valence electrons. The molecule has 21 heavy (non-hydrogen) atoms. The Morgan fingerprint density at radius 1 is 1.29 bits per heavy atom. The van der Waals surface area contributed by atoms with E-state index in [1.165, 1.54) is 6.07 Å². The number of anilines is 1. The Bertz CT molecular complexity index is 696. The van der Waals surface area contributed by atoms with Gasteiger partial charge in [-0.25, -0.2) is 0 Å². The average molecular weight is 299 g/mol. The zero-order valence-corrected chi connectivity index (χ0v) is 11.1. The van der Waals surface area contributed by atoms with Crippen LogP contribution < -0.4 is 4.90 Å². The number of ketones is 1. The molecule has 0 bridgehead atoms. The highest BCUT2D eigenvalue weighted by Gasteiger charge is 2.38. The number of nitrogens with zero attached hydrogens (tertiary/aromatic N) is 5. The van der Waals surface area contributed by atoms with E-state index in [1.54, 1.807) is 17.9 Å². The summed E-state index contributed by atoms with van der Waals surface area (Å²) in [7, 11) is 0. The lowest BCUT2D eigenvalue weighted by Gasteiger charge is -2.30. The van der Waals surface area contributed by atoms with Crippen molar-refractivity contribution in [2.45, 2.75) is 19.5 Å². The lowest BCUT2D eigenvalue weighted by atomic mass is 9.99. The summed E-state index contributed by atoms with van der Waals surface area (Å²) in [5.74, 6) is -0.764. The van der Waals surface area contributed by atoms with Gasteiger partial charge in [-0.15, -0.1) is 15.3 Å². The van der Waals surface area contributed by atoms with Crippen LogP contribution in [0.4, 0.5) is 19.0 Å². The quantitative estimate of drug-likeness (QED) is 0.799. The molecule has 0 amide bonds. The Kier molecular flexibility index (Phi) is 3.07. The molecule has 0 aromatic carbocycles. The van der Waals surface area contributed by atoms with E-state index < -0.39 is 12.0 Å². The minimum absolute atomic E-state index is 0.0345. The van der Waals surface area contributed by atoms with Crippen LogP contribution in [-0.4, -0.2) is 38.7 Å². The van der Waals surface area contributed by atoms with Crippen LogP contribution in [0.5, 0.6) is 0 Å². The molecular formula is C12H12F3N5O. The van der Waals surface area contributed by atoms with Crippen molar-refractivity contribution < 1.29 is 18.0 Å². The number of halogens is 3. The molecule has 0 N–H and O–H groups in total. The third-order valence-corrected chi connectivity index (χ3v) is 3.50. The normalized spacial score (nSPS) is 20.3. The topological polar surface area (TPSA) is 63.4 Å². The Balaban J connectivity index is 1.99. The van der Waals surface area contributed by atoms with Gasteiger partial charge in [-0.05, 0) is 12.1 Å². The molecule has 3 heterocycles. The number of carbonyl (C=O) groups is 1.